The Kier molecular flexibility index (Phi) is 2.33. The predicted octanol–water partition coefficient (Wildman–Crippen LogP) is 2.28. The molecule has 90 valence electrons. The van der Waals surface area contributed by atoms with Crippen LogP contribution in [-0.2, 0) is 0 Å². The number of nitrogens with zero attached hydrogens (tertiary/aromatic N) is 3. The molecule has 0 amide bonds. The average Bonchev–Trinajstić information content (AvgIpc) is 2.98. The fraction of sp³-hybridized carbons (Fsp3) is 0.0833. The normalized spacial score (nSPS) is 10.7. The molecule has 6 nitrogen and oxygen atoms in total. The molecule has 2 aromatic heterocycles. The van der Waals surface area contributed by atoms with Gasteiger partial charge in [0.05, 0.1) is 5.69 Å². The lowest BCUT2D eigenvalue weighted by atomic mass is 10.2. The summed E-state index contributed by atoms with van der Waals surface area (Å²) in [4.78, 5) is 8.24. The van der Waals surface area contributed by atoms with Crippen LogP contribution in [0, 0.1) is 6.92 Å². The second-order valence-electron chi connectivity index (χ2n) is 3.81. The molecule has 18 heavy (non-hydrogen) atoms. The Hall–Kier alpha value is -2.63. The molecule has 2 heterocycles. The van der Waals surface area contributed by atoms with Crippen LogP contribution in [-0.4, -0.2) is 15.1 Å². The Balaban J connectivity index is 1.99. The summed E-state index contributed by atoms with van der Waals surface area (Å²) in [6.45, 7) is 1.81. The van der Waals surface area contributed by atoms with Crippen LogP contribution < -0.4 is 5.73 Å². The predicted molar refractivity (Wildman–Crippen MR) is 64.4 cm³/mol. The molecule has 3 aromatic rings. The third-order valence-electron chi connectivity index (χ3n) is 2.53. The van der Waals surface area contributed by atoms with E-state index in [4.69, 9.17) is 14.7 Å². The number of aromatic nitrogens is 3. The van der Waals surface area contributed by atoms with Crippen LogP contribution >= 0.6 is 0 Å². The van der Waals surface area contributed by atoms with E-state index in [-0.39, 0.29) is 0 Å². The summed E-state index contributed by atoms with van der Waals surface area (Å²) in [5.74, 6) is 1.29. The highest BCUT2D eigenvalue weighted by molar-refractivity contribution is 5.60. The van der Waals surface area contributed by atoms with Gasteiger partial charge in [-0.2, -0.15) is 4.98 Å². The van der Waals surface area contributed by atoms with E-state index in [0.717, 1.165) is 5.56 Å². The lowest BCUT2D eigenvalue weighted by Crippen LogP contribution is -1.85. The van der Waals surface area contributed by atoms with E-state index >= 15 is 0 Å². The number of hydrogen-bond acceptors (Lipinski definition) is 6. The molecule has 0 radical (unpaired) electrons. The van der Waals surface area contributed by atoms with Crippen molar-refractivity contribution in [2.24, 2.45) is 0 Å². The van der Waals surface area contributed by atoms with Crippen LogP contribution in [0.25, 0.3) is 23.0 Å². The summed E-state index contributed by atoms with van der Waals surface area (Å²) < 4.78 is 10.3. The Morgan fingerprint density at radius 1 is 1.17 bits per heavy atom. The van der Waals surface area contributed by atoms with Crippen molar-refractivity contribution in [2.75, 3.05) is 5.73 Å². The van der Waals surface area contributed by atoms with Gasteiger partial charge in [0.15, 0.2) is 6.39 Å². The van der Waals surface area contributed by atoms with Gasteiger partial charge in [-0.05, 0) is 31.2 Å². The van der Waals surface area contributed by atoms with Crippen molar-refractivity contribution in [1.29, 1.82) is 0 Å². The summed E-state index contributed by atoms with van der Waals surface area (Å²) in [5.41, 5.74) is 7.85. The number of aryl methyl sites for hydroxylation is 1. The fourth-order valence-corrected chi connectivity index (χ4v) is 1.57. The van der Waals surface area contributed by atoms with Crippen LogP contribution in [0.2, 0.25) is 0 Å². The number of benzene rings is 1. The van der Waals surface area contributed by atoms with Gasteiger partial charge in [-0.1, -0.05) is 5.16 Å². The molecule has 0 aliphatic rings. The van der Waals surface area contributed by atoms with Crippen LogP contribution in [0.15, 0.2) is 39.6 Å². The third-order valence-corrected chi connectivity index (χ3v) is 2.53. The third kappa shape index (κ3) is 1.73. The van der Waals surface area contributed by atoms with Crippen molar-refractivity contribution < 1.29 is 8.94 Å². The molecule has 0 fully saturated rings. The molecule has 6 heteroatoms. The lowest BCUT2D eigenvalue weighted by Gasteiger charge is -1.94. The topological polar surface area (TPSA) is 91.0 Å². The molecule has 0 saturated carbocycles. The van der Waals surface area contributed by atoms with Crippen LogP contribution in [0.1, 0.15) is 5.69 Å². The molecular weight excluding hydrogens is 232 g/mol. The van der Waals surface area contributed by atoms with E-state index in [1.165, 1.54) is 6.39 Å². The molecule has 0 unspecified atom stereocenters. The van der Waals surface area contributed by atoms with E-state index in [9.17, 15) is 0 Å². The minimum absolute atomic E-state index is 0.317. The number of oxazole rings is 1. The zero-order chi connectivity index (χ0) is 12.5. The number of rotatable bonds is 2. The standard InChI is InChI=1S/C12H10N4O2/c1-7-10(17-6-14-7)12-15-11(16-18-12)8-2-4-9(13)5-3-8/h2-6H,13H2,1H3. The maximum atomic E-state index is 5.62. The first-order chi connectivity index (χ1) is 8.74. The summed E-state index contributed by atoms with van der Waals surface area (Å²) in [6, 6.07) is 7.23. The first-order valence-electron chi connectivity index (χ1n) is 5.34. The highest BCUT2D eigenvalue weighted by Crippen LogP contribution is 2.24. The van der Waals surface area contributed by atoms with Gasteiger partial charge in [-0.25, -0.2) is 4.98 Å². The quantitative estimate of drug-likeness (QED) is 0.693. The van der Waals surface area contributed by atoms with Gasteiger partial charge in [0.2, 0.25) is 11.6 Å². The van der Waals surface area contributed by atoms with Gasteiger partial charge >= 0.3 is 0 Å². The smallest absolute Gasteiger partial charge is 0.295 e. The molecule has 1 aromatic carbocycles. The summed E-state index contributed by atoms with van der Waals surface area (Å²) >= 11 is 0. The van der Waals surface area contributed by atoms with Crippen molar-refractivity contribution in [2.45, 2.75) is 6.92 Å². The number of anilines is 1. The first kappa shape index (κ1) is 10.5. The van der Waals surface area contributed by atoms with Gasteiger partial charge in [0.1, 0.15) is 0 Å². The minimum Gasteiger partial charge on any atom is -0.438 e. The second-order valence-corrected chi connectivity index (χ2v) is 3.81. The number of hydrogen-bond donors (Lipinski definition) is 1. The van der Waals surface area contributed by atoms with E-state index in [2.05, 4.69) is 15.1 Å². The zero-order valence-corrected chi connectivity index (χ0v) is 9.62. The molecule has 0 bridgehead atoms. The Labute approximate surface area is 102 Å². The molecular formula is C12H10N4O2. The van der Waals surface area contributed by atoms with Gasteiger partial charge in [0.25, 0.3) is 5.89 Å². The highest BCUT2D eigenvalue weighted by Gasteiger charge is 2.15. The Morgan fingerprint density at radius 3 is 2.61 bits per heavy atom. The van der Waals surface area contributed by atoms with Crippen LogP contribution in [0.4, 0.5) is 5.69 Å². The van der Waals surface area contributed by atoms with Crippen molar-refractivity contribution >= 4 is 5.69 Å². The largest absolute Gasteiger partial charge is 0.438 e. The lowest BCUT2D eigenvalue weighted by molar-refractivity contribution is 0.416. The molecule has 0 atom stereocenters. The van der Waals surface area contributed by atoms with Crippen LogP contribution in [0.5, 0.6) is 0 Å². The number of nitrogens with two attached hydrogens (primary N) is 1. The van der Waals surface area contributed by atoms with E-state index in [1.807, 2.05) is 19.1 Å². The van der Waals surface area contributed by atoms with Crippen molar-refractivity contribution in [1.82, 2.24) is 15.1 Å². The van der Waals surface area contributed by atoms with Crippen molar-refractivity contribution in [3.8, 4) is 23.0 Å². The van der Waals surface area contributed by atoms with Crippen molar-refractivity contribution in [3.05, 3.63) is 36.4 Å². The van der Waals surface area contributed by atoms with Gasteiger partial charge in [0, 0.05) is 11.3 Å². The van der Waals surface area contributed by atoms with Crippen molar-refractivity contribution in [3.63, 3.8) is 0 Å². The summed E-state index contributed by atoms with van der Waals surface area (Å²) in [6.07, 6.45) is 1.34. The van der Waals surface area contributed by atoms with Gasteiger partial charge in [-0.15, -0.1) is 0 Å². The SMILES string of the molecule is Cc1ncoc1-c1nc(-c2ccc(N)cc2)no1. The van der Waals surface area contributed by atoms with E-state index in [1.54, 1.807) is 12.1 Å². The molecule has 3 rings (SSSR count). The van der Waals surface area contributed by atoms with E-state index < -0.39 is 0 Å². The highest BCUT2D eigenvalue weighted by atomic mass is 16.5. The van der Waals surface area contributed by atoms with Gasteiger partial charge in [-0.3, -0.25) is 0 Å². The minimum atomic E-state index is 0.317. The molecule has 0 aliphatic heterocycles. The summed E-state index contributed by atoms with van der Waals surface area (Å²) in [5, 5.41) is 3.90. The van der Waals surface area contributed by atoms with E-state index in [0.29, 0.717) is 28.9 Å². The molecule has 0 saturated heterocycles. The van der Waals surface area contributed by atoms with Gasteiger partial charge < -0.3 is 14.7 Å². The average molecular weight is 242 g/mol. The summed E-state index contributed by atoms with van der Waals surface area (Å²) in [7, 11) is 0. The Bertz CT molecular complexity index is 669. The second kappa shape index (κ2) is 3.99. The molecule has 2 N–H and O–H groups in total. The number of nitrogen functional groups attached to an aromatic ring is 1. The fourth-order valence-electron chi connectivity index (χ4n) is 1.57. The Morgan fingerprint density at radius 2 is 1.94 bits per heavy atom. The monoisotopic (exact) mass is 242 g/mol. The first-order valence-corrected chi connectivity index (χ1v) is 5.34. The molecule has 0 spiro atoms. The maximum absolute atomic E-state index is 5.62. The zero-order valence-electron chi connectivity index (χ0n) is 9.62. The molecule has 0 aliphatic carbocycles. The van der Waals surface area contributed by atoms with Crippen LogP contribution in [0.3, 0.4) is 0 Å². The maximum Gasteiger partial charge on any atom is 0.295 e.